The molecule has 0 aliphatic heterocycles. The summed E-state index contributed by atoms with van der Waals surface area (Å²) in [6, 6.07) is 6.78. The molecule has 1 rings (SSSR count). The molecule has 0 radical (unpaired) electrons. The zero-order chi connectivity index (χ0) is 15.3. The zero-order valence-electron chi connectivity index (χ0n) is 12.0. The number of carboxylic acid groups (broad SMARTS) is 1. The summed E-state index contributed by atoms with van der Waals surface area (Å²) in [7, 11) is -2.22. The van der Waals surface area contributed by atoms with Crippen LogP contribution in [0.3, 0.4) is 0 Å². The third kappa shape index (κ3) is 4.05. The molecule has 1 unspecified atom stereocenters. The highest BCUT2D eigenvalue weighted by Crippen LogP contribution is 2.21. The number of nitrogens with zero attached hydrogens (tertiary/aromatic N) is 1. The van der Waals surface area contributed by atoms with Crippen LogP contribution < -0.4 is 0 Å². The lowest BCUT2D eigenvalue weighted by atomic mass is 9.99. The van der Waals surface area contributed by atoms with Gasteiger partial charge in [0.15, 0.2) is 0 Å². The Bertz CT molecular complexity index is 551. The molecular weight excluding hydrogens is 278 g/mol. The Balaban J connectivity index is 2.89. The predicted molar refractivity (Wildman–Crippen MR) is 77.2 cm³/mol. The van der Waals surface area contributed by atoms with Crippen molar-refractivity contribution in [3.63, 3.8) is 0 Å². The summed E-state index contributed by atoms with van der Waals surface area (Å²) in [5.74, 6) is -0.629. The molecule has 0 aliphatic carbocycles. The molecule has 0 aliphatic rings. The second-order valence-electron chi connectivity index (χ2n) is 4.85. The first-order valence-corrected chi connectivity index (χ1v) is 8.01. The minimum Gasteiger partial charge on any atom is -0.481 e. The average molecular weight is 299 g/mol. The minimum absolute atomic E-state index is 0.0369. The lowest BCUT2D eigenvalue weighted by Crippen LogP contribution is -2.29. The van der Waals surface area contributed by atoms with Crippen molar-refractivity contribution in [3.8, 4) is 0 Å². The Morgan fingerprint density at radius 3 is 2.30 bits per heavy atom. The van der Waals surface area contributed by atoms with Crippen molar-refractivity contribution in [2.75, 3.05) is 13.6 Å². The zero-order valence-corrected chi connectivity index (χ0v) is 12.9. The molecule has 0 amide bonds. The number of carboxylic acids is 1. The largest absolute Gasteiger partial charge is 0.481 e. The van der Waals surface area contributed by atoms with E-state index < -0.39 is 16.0 Å². The monoisotopic (exact) mass is 299 g/mol. The van der Waals surface area contributed by atoms with Crippen LogP contribution in [-0.2, 0) is 14.8 Å². The van der Waals surface area contributed by atoms with Crippen LogP contribution in [-0.4, -0.2) is 37.4 Å². The number of hydrogen-bond acceptors (Lipinski definition) is 3. The number of sulfonamides is 1. The Kier molecular flexibility index (Phi) is 5.71. The van der Waals surface area contributed by atoms with E-state index in [4.69, 9.17) is 5.11 Å². The summed E-state index contributed by atoms with van der Waals surface area (Å²) in [4.78, 5) is 10.7. The molecule has 1 atom stereocenters. The number of benzene rings is 1. The molecule has 1 aromatic carbocycles. The van der Waals surface area contributed by atoms with Gasteiger partial charge < -0.3 is 5.11 Å². The fourth-order valence-electron chi connectivity index (χ4n) is 1.76. The molecule has 1 aromatic rings. The maximum atomic E-state index is 12.2. The lowest BCUT2D eigenvalue weighted by Gasteiger charge is -2.17. The van der Waals surface area contributed by atoms with Crippen molar-refractivity contribution in [1.82, 2.24) is 4.31 Å². The first-order valence-electron chi connectivity index (χ1n) is 6.57. The number of rotatable bonds is 7. The van der Waals surface area contributed by atoms with Gasteiger partial charge in [-0.1, -0.05) is 26.0 Å². The maximum Gasteiger partial charge on any atom is 0.304 e. The highest BCUT2D eigenvalue weighted by Gasteiger charge is 2.21. The highest BCUT2D eigenvalue weighted by molar-refractivity contribution is 7.89. The topological polar surface area (TPSA) is 74.7 Å². The van der Waals surface area contributed by atoms with Gasteiger partial charge in [0.2, 0.25) is 10.0 Å². The summed E-state index contributed by atoms with van der Waals surface area (Å²) in [5.41, 5.74) is 1.10. The van der Waals surface area contributed by atoms with Crippen molar-refractivity contribution in [2.24, 2.45) is 0 Å². The Labute approximate surface area is 120 Å². The fourth-order valence-corrected chi connectivity index (χ4v) is 2.93. The number of hydrogen-bond donors (Lipinski definition) is 1. The summed E-state index contributed by atoms with van der Waals surface area (Å²) >= 11 is 0. The van der Waals surface area contributed by atoms with Gasteiger partial charge in [0.05, 0.1) is 11.3 Å². The van der Waals surface area contributed by atoms with Crippen LogP contribution in [0.4, 0.5) is 0 Å². The van der Waals surface area contributed by atoms with E-state index in [0.717, 1.165) is 16.3 Å². The molecule has 0 saturated heterocycles. The van der Waals surface area contributed by atoms with Gasteiger partial charge in [-0.15, -0.1) is 0 Å². The summed E-state index contributed by atoms with van der Waals surface area (Å²) in [5, 5.41) is 8.60. The normalized spacial score (nSPS) is 13.4. The molecule has 5 nitrogen and oxygen atoms in total. The molecule has 0 bridgehead atoms. The van der Waals surface area contributed by atoms with Crippen molar-refractivity contribution < 1.29 is 18.3 Å². The fraction of sp³-hybridized carbons (Fsp3) is 0.500. The predicted octanol–water partition coefficient (Wildman–Crippen LogP) is 2.30. The van der Waals surface area contributed by atoms with E-state index in [9.17, 15) is 13.2 Å². The van der Waals surface area contributed by atoms with Crippen molar-refractivity contribution in [3.05, 3.63) is 29.8 Å². The van der Waals surface area contributed by atoms with E-state index >= 15 is 0 Å². The minimum atomic E-state index is -3.61. The van der Waals surface area contributed by atoms with E-state index in [0.29, 0.717) is 5.92 Å². The van der Waals surface area contributed by atoms with Crippen LogP contribution in [0.15, 0.2) is 29.2 Å². The second-order valence-corrected chi connectivity index (χ2v) is 6.89. The van der Waals surface area contributed by atoms with Gasteiger partial charge >= 0.3 is 5.97 Å². The SMILES string of the molecule is CCC(C)c1ccc(S(=O)(=O)N(C)CCC(=O)O)cc1. The average Bonchev–Trinajstić information content (AvgIpc) is 2.43. The molecule has 0 heterocycles. The molecule has 0 spiro atoms. The first kappa shape index (κ1) is 16.7. The Morgan fingerprint density at radius 1 is 1.30 bits per heavy atom. The Morgan fingerprint density at radius 2 is 1.85 bits per heavy atom. The van der Waals surface area contributed by atoms with Crippen LogP contribution in [0.2, 0.25) is 0 Å². The number of aliphatic carboxylic acids is 1. The van der Waals surface area contributed by atoms with E-state index in [1.165, 1.54) is 7.05 Å². The lowest BCUT2D eigenvalue weighted by molar-refractivity contribution is -0.137. The van der Waals surface area contributed by atoms with Crippen LogP contribution in [0.5, 0.6) is 0 Å². The van der Waals surface area contributed by atoms with Crippen LogP contribution in [0.1, 0.15) is 38.2 Å². The number of carbonyl (C=O) groups is 1. The van der Waals surface area contributed by atoms with Gasteiger partial charge in [-0.25, -0.2) is 12.7 Å². The van der Waals surface area contributed by atoms with Gasteiger partial charge in [-0.2, -0.15) is 0 Å². The van der Waals surface area contributed by atoms with Crippen LogP contribution in [0.25, 0.3) is 0 Å². The quantitative estimate of drug-likeness (QED) is 0.838. The first-order chi connectivity index (χ1) is 9.28. The van der Waals surface area contributed by atoms with Crippen molar-refractivity contribution in [2.45, 2.75) is 37.5 Å². The second kappa shape index (κ2) is 6.85. The smallest absolute Gasteiger partial charge is 0.304 e. The molecular formula is C14H21NO4S. The van der Waals surface area contributed by atoms with Crippen LogP contribution >= 0.6 is 0 Å². The van der Waals surface area contributed by atoms with Gasteiger partial charge in [-0.05, 0) is 30.0 Å². The van der Waals surface area contributed by atoms with Gasteiger partial charge in [0, 0.05) is 13.6 Å². The van der Waals surface area contributed by atoms with Gasteiger partial charge in [0.25, 0.3) is 0 Å². The Hall–Kier alpha value is -1.40. The molecule has 0 aromatic heterocycles. The molecule has 0 fully saturated rings. The van der Waals surface area contributed by atoms with Gasteiger partial charge in [0.1, 0.15) is 0 Å². The molecule has 20 heavy (non-hydrogen) atoms. The molecule has 1 N–H and O–H groups in total. The van der Waals surface area contributed by atoms with E-state index in [1.54, 1.807) is 12.1 Å². The molecule has 0 saturated carbocycles. The third-order valence-corrected chi connectivity index (χ3v) is 5.28. The van der Waals surface area contributed by atoms with E-state index in [2.05, 4.69) is 13.8 Å². The van der Waals surface area contributed by atoms with Gasteiger partial charge in [-0.3, -0.25) is 4.79 Å². The third-order valence-electron chi connectivity index (χ3n) is 3.41. The maximum absolute atomic E-state index is 12.2. The molecule has 6 heteroatoms. The van der Waals surface area contributed by atoms with Crippen molar-refractivity contribution in [1.29, 1.82) is 0 Å². The van der Waals surface area contributed by atoms with E-state index in [1.807, 2.05) is 12.1 Å². The summed E-state index contributed by atoms with van der Waals surface area (Å²) in [6.45, 7) is 4.13. The summed E-state index contributed by atoms with van der Waals surface area (Å²) < 4.78 is 25.5. The van der Waals surface area contributed by atoms with Crippen LogP contribution in [0, 0.1) is 0 Å². The van der Waals surface area contributed by atoms with Crippen molar-refractivity contribution >= 4 is 16.0 Å². The highest BCUT2D eigenvalue weighted by atomic mass is 32.2. The molecule has 112 valence electrons. The summed E-state index contributed by atoms with van der Waals surface area (Å²) in [6.07, 6.45) is 0.783. The van der Waals surface area contributed by atoms with E-state index in [-0.39, 0.29) is 17.9 Å². The standard InChI is InChI=1S/C14H21NO4S/c1-4-11(2)12-5-7-13(8-6-12)20(18,19)15(3)10-9-14(16)17/h5-8,11H,4,9-10H2,1-3H3,(H,16,17).